The van der Waals surface area contributed by atoms with E-state index in [0.29, 0.717) is 48.6 Å². The lowest BCUT2D eigenvalue weighted by molar-refractivity contribution is -0.123. The highest BCUT2D eigenvalue weighted by atomic mass is 35.5. The third-order valence-corrected chi connectivity index (χ3v) is 10.2. The summed E-state index contributed by atoms with van der Waals surface area (Å²) < 4.78 is 1.56. The fourth-order valence-corrected chi connectivity index (χ4v) is 7.43. The van der Waals surface area contributed by atoms with Crippen molar-refractivity contribution < 1.29 is 14.7 Å². The molecule has 5 aromatic rings. The first-order chi connectivity index (χ1) is 24.2. The van der Waals surface area contributed by atoms with E-state index in [0.717, 1.165) is 50.9 Å². The van der Waals surface area contributed by atoms with Crippen molar-refractivity contribution in [3.63, 3.8) is 0 Å². The first-order valence-corrected chi connectivity index (χ1v) is 17.3. The molecule has 10 nitrogen and oxygen atoms in total. The third-order valence-electron chi connectivity index (χ3n) is 9.84. The molecular weight excluding hydrogens is 652 g/mol. The number of hydrogen-bond acceptors (Lipinski definition) is 7. The number of aliphatic hydroxyl groups excluding tert-OH is 1. The van der Waals surface area contributed by atoms with Crippen molar-refractivity contribution >= 4 is 29.1 Å². The Morgan fingerprint density at radius 2 is 1.76 bits per heavy atom. The van der Waals surface area contributed by atoms with Crippen LogP contribution in [0.5, 0.6) is 0 Å². The number of aliphatic hydroxyl groups is 1. The molecule has 0 saturated carbocycles. The number of nitrogens with one attached hydrogen (secondary N) is 3. The van der Waals surface area contributed by atoms with Gasteiger partial charge in [0.15, 0.2) is 0 Å². The summed E-state index contributed by atoms with van der Waals surface area (Å²) in [6.45, 7) is 2.66. The van der Waals surface area contributed by atoms with E-state index in [1.807, 2.05) is 36.4 Å². The van der Waals surface area contributed by atoms with Crippen molar-refractivity contribution in [1.29, 1.82) is 0 Å². The van der Waals surface area contributed by atoms with Gasteiger partial charge in [0.1, 0.15) is 11.7 Å². The molecule has 3 atom stereocenters. The minimum Gasteiger partial charge on any atom is -0.394 e. The molecule has 1 aliphatic carbocycles. The van der Waals surface area contributed by atoms with Crippen LogP contribution >= 0.6 is 11.6 Å². The van der Waals surface area contributed by atoms with Crippen LogP contribution < -0.4 is 27.2 Å². The highest BCUT2D eigenvalue weighted by molar-refractivity contribution is 6.36. The van der Waals surface area contributed by atoms with E-state index in [-0.39, 0.29) is 29.5 Å². The topological polar surface area (TPSA) is 151 Å². The molecule has 0 spiro atoms. The predicted molar refractivity (Wildman–Crippen MR) is 195 cm³/mol. The van der Waals surface area contributed by atoms with Crippen LogP contribution in [0.4, 0.5) is 0 Å². The molecule has 0 bridgehead atoms. The van der Waals surface area contributed by atoms with Crippen LogP contribution in [0.3, 0.4) is 0 Å². The second-order valence-electron chi connectivity index (χ2n) is 13.2. The summed E-state index contributed by atoms with van der Waals surface area (Å²) in [5.74, 6) is -0.280. The lowest BCUT2D eigenvalue weighted by atomic mass is 9.91. The molecule has 2 aromatic heterocycles. The molecule has 7 rings (SSSR count). The smallest absolute Gasteiger partial charge is 0.262 e. The zero-order chi connectivity index (χ0) is 34.9. The van der Waals surface area contributed by atoms with Crippen molar-refractivity contribution in [2.45, 2.75) is 57.3 Å². The van der Waals surface area contributed by atoms with Crippen molar-refractivity contribution in [3.8, 4) is 33.4 Å². The molecule has 256 valence electrons. The van der Waals surface area contributed by atoms with Crippen LogP contribution in [0.25, 0.3) is 39.0 Å². The molecule has 6 N–H and O–H groups in total. The highest BCUT2D eigenvalue weighted by Crippen LogP contribution is 2.41. The van der Waals surface area contributed by atoms with Crippen molar-refractivity contribution in [3.05, 3.63) is 117 Å². The Bertz CT molecular complexity index is 2180. The van der Waals surface area contributed by atoms with Crippen molar-refractivity contribution in [2.75, 3.05) is 13.2 Å². The number of carbonyl (C=O) groups excluding carboxylic acids is 2. The lowest BCUT2D eigenvalue weighted by Gasteiger charge is -2.16. The second kappa shape index (κ2) is 14.2. The number of aromatic nitrogens is 2. The molecule has 50 heavy (non-hydrogen) atoms. The molecular formula is C39H39ClN6O4. The molecule has 2 amide bonds. The minimum absolute atomic E-state index is 0.0684. The maximum Gasteiger partial charge on any atom is 0.262 e. The molecule has 11 heteroatoms. The largest absolute Gasteiger partial charge is 0.394 e. The molecule has 2 aliphatic rings. The van der Waals surface area contributed by atoms with Gasteiger partial charge in [-0.15, -0.1) is 0 Å². The van der Waals surface area contributed by atoms with E-state index >= 15 is 0 Å². The first-order valence-electron chi connectivity index (χ1n) is 16.9. The quantitative estimate of drug-likeness (QED) is 0.149. The van der Waals surface area contributed by atoms with Gasteiger partial charge in [0, 0.05) is 60.7 Å². The Labute approximate surface area is 294 Å². The molecule has 3 heterocycles. The molecule has 0 radical (unpaired) electrons. The fourth-order valence-electron chi connectivity index (χ4n) is 7.10. The molecule has 1 saturated heterocycles. The Morgan fingerprint density at radius 1 is 1.02 bits per heavy atom. The van der Waals surface area contributed by atoms with Crippen LogP contribution in [-0.4, -0.2) is 57.6 Å². The maximum absolute atomic E-state index is 13.3. The van der Waals surface area contributed by atoms with Crippen molar-refractivity contribution in [1.82, 2.24) is 25.3 Å². The number of amides is 2. The van der Waals surface area contributed by atoms with Gasteiger partial charge in [-0.05, 0) is 77.3 Å². The van der Waals surface area contributed by atoms with Gasteiger partial charge in [0.25, 0.3) is 5.56 Å². The molecule has 1 unspecified atom stereocenters. The Hall–Kier alpha value is -4.87. The molecule has 1 aliphatic heterocycles. The van der Waals surface area contributed by atoms with E-state index in [4.69, 9.17) is 17.3 Å². The number of pyridine rings is 1. The Kier molecular flexibility index (Phi) is 9.52. The summed E-state index contributed by atoms with van der Waals surface area (Å²) in [5, 5.41) is 19.0. The van der Waals surface area contributed by atoms with Gasteiger partial charge in [0.2, 0.25) is 11.8 Å². The highest BCUT2D eigenvalue weighted by Gasteiger charge is 2.26. The SMILES string of the molecule is Cc1c(-c2ccn3c(=O)c(CNC[C@H]4CCC(=O)N4)cnc3c2)cccc1-c1cccc(-c2ccc3c(c2)C[C@@H](NC(=O)C(N)CO)C3)c1Cl. The van der Waals surface area contributed by atoms with E-state index in [1.54, 1.807) is 16.8 Å². The zero-order valence-corrected chi connectivity index (χ0v) is 28.5. The first kappa shape index (κ1) is 33.6. The second-order valence-corrected chi connectivity index (χ2v) is 13.6. The van der Waals surface area contributed by atoms with Gasteiger partial charge in [-0.25, -0.2) is 4.98 Å². The lowest BCUT2D eigenvalue weighted by Crippen LogP contribution is -2.47. The number of halogens is 1. The maximum atomic E-state index is 13.3. The third kappa shape index (κ3) is 6.67. The summed E-state index contributed by atoms with van der Waals surface area (Å²) in [5.41, 5.74) is 15.8. The van der Waals surface area contributed by atoms with Crippen LogP contribution in [0.2, 0.25) is 5.02 Å². The standard InChI is InChI=1S/C39H39ClN6O4/c1-22-30(25-12-13-46-35(17-25)43-19-27(39(46)50)18-42-20-28-10-11-36(48)44-28)4-2-5-31(22)33-7-3-6-32(37(33)40)24-9-8-23-15-29(16-26(23)14-24)45-38(49)34(41)21-47/h2-9,12-14,17,19,28-29,34,42,47H,10-11,15-16,18,20-21,41H2,1H3,(H,44,48)(H,45,49)/t28-,29+,34?/m1/s1. The summed E-state index contributed by atoms with van der Waals surface area (Å²) in [6, 6.07) is 21.4. The summed E-state index contributed by atoms with van der Waals surface area (Å²) >= 11 is 7.17. The zero-order valence-electron chi connectivity index (χ0n) is 27.7. The van der Waals surface area contributed by atoms with Gasteiger partial charge in [-0.1, -0.05) is 66.2 Å². The van der Waals surface area contributed by atoms with E-state index in [2.05, 4.69) is 58.2 Å². The average molecular weight is 691 g/mol. The minimum atomic E-state index is -0.929. The van der Waals surface area contributed by atoms with E-state index in [9.17, 15) is 19.5 Å². The normalized spacial score (nSPS) is 17.5. The van der Waals surface area contributed by atoms with Crippen LogP contribution in [0.15, 0.2) is 83.9 Å². The number of nitrogens with zero attached hydrogens (tertiary/aromatic N) is 2. The van der Waals surface area contributed by atoms with Gasteiger partial charge in [-0.2, -0.15) is 0 Å². The van der Waals surface area contributed by atoms with Crippen LogP contribution in [0, 0.1) is 6.92 Å². The molecule has 3 aromatic carbocycles. The fraction of sp³-hybridized carbons (Fsp3) is 0.282. The summed E-state index contributed by atoms with van der Waals surface area (Å²) in [7, 11) is 0. The Morgan fingerprint density at radius 3 is 2.54 bits per heavy atom. The van der Waals surface area contributed by atoms with Gasteiger partial charge in [-0.3, -0.25) is 18.8 Å². The van der Waals surface area contributed by atoms with Gasteiger partial charge in [0.05, 0.1) is 11.6 Å². The van der Waals surface area contributed by atoms with E-state index < -0.39 is 12.6 Å². The Balaban J connectivity index is 1.12. The van der Waals surface area contributed by atoms with Gasteiger partial charge >= 0.3 is 0 Å². The number of nitrogens with two attached hydrogens (primary N) is 1. The number of carbonyl (C=O) groups is 2. The predicted octanol–water partition coefficient (Wildman–Crippen LogP) is 3.93. The molecule has 1 fully saturated rings. The van der Waals surface area contributed by atoms with Crippen molar-refractivity contribution in [2.24, 2.45) is 5.73 Å². The van der Waals surface area contributed by atoms with Gasteiger partial charge < -0.3 is 26.8 Å². The average Bonchev–Trinajstić information content (AvgIpc) is 3.73. The van der Waals surface area contributed by atoms with Crippen LogP contribution in [0.1, 0.15) is 35.1 Å². The van der Waals surface area contributed by atoms with E-state index in [1.165, 1.54) is 5.56 Å². The summed E-state index contributed by atoms with van der Waals surface area (Å²) in [4.78, 5) is 41.6. The monoisotopic (exact) mass is 690 g/mol. The number of hydrogen-bond donors (Lipinski definition) is 5. The van der Waals surface area contributed by atoms with Crippen LogP contribution in [-0.2, 0) is 29.0 Å². The number of fused-ring (bicyclic) bond motifs is 2. The number of rotatable bonds is 10. The summed E-state index contributed by atoms with van der Waals surface area (Å²) in [6.07, 6.45) is 6.12. The number of benzene rings is 3.